The van der Waals surface area contributed by atoms with Crippen molar-refractivity contribution < 1.29 is 9.59 Å². The number of amides is 1. The fourth-order valence-corrected chi connectivity index (χ4v) is 1.50. The summed E-state index contributed by atoms with van der Waals surface area (Å²) >= 11 is 4.75. The van der Waals surface area contributed by atoms with Crippen molar-refractivity contribution in [2.24, 2.45) is 0 Å². The van der Waals surface area contributed by atoms with Crippen molar-refractivity contribution in [2.45, 2.75) is 0 Å². The van der Waals surface area contributed by atoms with Gasteiger partial charge in [-0.05, 0) is 12.2 Å². The van der Waals surface area contributed by atoms with Crippen molar-refractivity contribution in [3.05, 3.63) is 47.7 Å². The average Bonchev–Trinajstić information content (AvgIpc) is 2.59. The lowest BCUT2D eigenvalue weighted by Crippen LogP contribution is -2.21. The standard InChI is InChI=1S/C11H8N2O2S/c14-9(7-4-2-1-3-5-7)6-8-10(15)13-11(16)12-8/h1-6H,(H2,12,13,15,16)/b8-6-. The number of rotatable bonds is 2. The Hall–Kier alpha value is -2.01. The van der Waals surface area contributed by atoms with E-state index in [-0.39, 0.29) is 22.5 Å². The molecule has 0 unspecified atom stereocenters. The van der Waals surface area contributed by atoms with Crippen LogP contribution in [0.15, 0.2) is 42.1 Å². The predicted molar refractivity (Wildman–Crippen MR) is 62.7 cm³/mol. The Balaban J connectivity index is 2.22. The highest BCUT2D eigenvalue weighted by atomic mass is 32.1. The summed E-state index contributed by atoms with van der Waals surface area (Å²) in [5.41, 5.74) is 0.710. The first kappa shape index (κ1) is 10.5. The summed E-state index contributed by atoms with van der Waals surface area (Å²) < 4.78 is 0. The van der Waals surface area contributed by atoms with Crippen molar-refractivity contribution in [3.63, 3.8) is 0 Å². The minimum absolute atomic E-state index is 0.179. The van der Waals surface area contributed by atoms with Gasteiger partial charge in [-0.1, -0.05) is 30.3 Å². The summed E-state index contributed by atoms with van der Waals surface area (Å²) in [7, 11) is 0. The molecular weight excluding hydrogens is 224 g/mol. The summed E-state index contributed by atoms with van der Waals surface area (Å²) in [6.07, 6.45) is 1.24. The first-order valence-electron chi connectivity index (χ1n) is 4.60. The molecule has 0 aromatic heterocycles. The van der Waals surface area contributed by atoms with Crippen LogP contribution in [0, 0.1) is 0 Å². The average molecular weight is 232 g/mol. The Bertz CT molecular complexity index is 494. The number of hydrogen-bond donors (Lipinski definition) is 2. The van der Waals surface area contributed by atoms with Crippen LogP contribution in [0.2, 0.25) is 0 Å². The minimum atomic E-state index is -0.380. The van der Waals surface area contributed by atoms with Crippen LogP contribution >= 0.6 is 12.2 Å². The lowest BCUT2D eigenvalue weighted by Gasteiger charge is -1.96. The van der Waals surface area contributed by atoms with Crippen molar-refractivity contribution in [1.29, 1.82) is 0 Å². The van der Waals surface area contributed by atoms with Crippen LogP contribution in [0.4, 0.5) is 0 Å². The van der Waals surface area contributed by atoms with Gasteiger partial charge >= 0.3 is 0 Å². The van der Waals surface area contributed by atoms with Crippen molar-refractivity contribution in [1.82, 2.24) is 10.6 Å². The van der Waals surface area contributed by atoms with Crippen LogP contribution in [-0.2, 0) is 4.79 Å². The molecule has 2 N–H and O–H groups in total. The molecule has 0 spiro atoms. The Morgan fingerprint density at radius 3 is 2.44 bits per heavy atom. The molecule has 0 radical (unpaired) electrons. The second-order valence-electron chi connectivity index (χ2n) is 3.20. The van der Waals surface area contributed by atoms with Gasteiger partial charge in [-0.15, -0.1) is 0 Å². The first-order valence-corrected chi connectivity index (χ1v) is 5.01. The summed E-state index contributed by atoms with van der Waals surface area (Å²) in [6.45, 7) is 0. The molecule has 80 valence electrons. The molecule has 16 heavy (non-hydrogen) atoms. The Morgan fingerprint density at radius 1 is 1.19 bits per heavy atom. The zero-order valence-electron chi connectivity index (χ0n) is 8.19. The van der Waals surface area contributed by atoms with Crippen LogP contribution in [0.1, 0.15) is 10.4 Å². The van der Waals surface area contributed by atoms with Gasteiger partial charge in [0.2, 0.25) is 0 Å². The summed E-state index contributed by atoms with van der Waals surface area (Å²) in [4.78, 5) is 23.0. The van der Waals surface area contributed by atoms with Gasteiger partial charge in [-0.2, -0.15) is 0 Å². The summed E-state index contributed by atoms with van der Waals surface area (Å²) in [5.74, 6) is -0.614. The monoisotopic (exact) mass is 232 g/mol. The molecular formula is C11H8N2O2S. The van der Waals surface area contributed by atoms with Crippen LogP contribution in [0.25, 0.3) is 0 Å². The van der Waals surface area contributed by atoms with E-state index in [1.54, 1.807) is 24.3 Å². The van der Waals surface area contributed by atoms with E-state index in [4.69, 9.17) is 12.2 Å². The van der Waals surface area contributed by atoms with Crippen LogP contribution in [0.5, 0.6) is 0 Å². The van der Waals surface area contributed by atoms with Crippen molar-refractivity contribution in [2.75, 3.05) is 0 Å². The Morgan fingerprint density at radius 2 is 1.88 bits per heavy atom. The van der Waals surface area contributed by atoms with E-state index < -0.39 is 0 Å². The maximum Gasteiger partial charge on any atom is 0.274 e. The van der Waals surface area contributed by atoms with Gasteiger partial charge in [-0.3, -0.25) is 14.9 Å². The third-order valence-corrected chi connectivity index (χ3v) is 2.26. The van der Waals surface area contributed by atoms with Gasteiger partial charge in [0.15, 0.2) is 10.9 Å². The Kier molecular flexibility index (Phi) is 2.78. The topological polar surface area (TPSA) is 58.2 Å². The molecule has 1 aromatic carbocycles. The molecule has 2 rings (SSSR count). The first-order chi connectivity index (χ1) is 7.66. The molecule has 1 aliphatic rings. The molecule has 0 atom stereocenters. The smallest absolute Gasteiger partial charge is 0.274 e. The highest BCUT2D eigenvalue weighted by Gasteiger charge is 2.21. The number of hydrogen-bond acceptors (Lipinski definition) is 3. The normalized spacial score (nSPS) is 17.1. The van der Waals surface area contributed by atoms with Gasteiger partial charge < -0.3 is 5.32 Å². The molecule has 0 aliphatic carbocycles. The van der Waals surface area contributed by atoms with Crippen LogP contribution in [0.3, 0.4) is 0 Å². The van der Waals surface area contributed by atoms with Crippen LogP contribution < -0.4 is 10.6 Å². The number of benzene rings is 1. The van der Waals surface area contributed by atoms with E-state index in [9.17, 15) is 9.59 Å². The van der Waals surface area contributed by atoms with Crippen LogP contribution in [-0.4, -0.2) is 16.8 Å². The molecule has 5 heteroatoms. The molecule has 0 bridgehead atoms. The predicted octanol–water partition coefficient (Wildman–Crippen LogP) is 0.758. The van der Waals surface area contributed by atoms with Gasteiger partial charge in [0.25, 0.3) is 5.91 Å². The van der Waals surface area contributed by atoms with E-state index in [1.807, 2.05) is 6.07 Å². The zero-order valence-corrected chi connectivity index (χ0v) is 9.01. The minimum Gasteiger partial charge on any atom is -0.328 e. The number of carbonyl (C=O) groups excluding carboxylic acids is 2. The number of thiocarbonyl (C=S) groups is 1. The number of nitrogens with one attached hydrogen (secondary N) is 2. The highest BCUT2D eigenvalue weighted by molar-refractivity contribution is 7.80. The lowest BCUT2D eigenvalue weighted by molar-refractivity contribution is -0.115. The fraction of sp³-hybridized carbons (Fsp3) is 0. The highest BCUT2D eigenvalue weighted by Crippen LogP contribution is 2.04. The maximum absolute atomic E-state index is 11.7. The Labute approximate surface area is 97.3 Å². The molecule has 0 saturated carbocycles. The quantitative estimate of drug-likeness (QED) is 0.449. The molecule has 1 aliphatic heterocycles. The van der Waals surface area contributed by atoms with Gasteiger partial charge in [-0.25, -0.2) is 0 Å². The molecule has 1 aromatic rings. The second kappa shape index (κ2) is 4.24. The van der Waals surface area contributed by atoms with E-state index in [2.05, 4.69) is 10.6 Å². The van der Waals surface area contributed by atoms with Gasteiger partial charge in [0.1, 0.15) is 5.70 Å². The SMILES string of the molecule is O=C1NC(=S)N/C1=C\C(=O)c1ccccc1. The third kappa shape index (κ3) is 2.14. The number of carbonyl (C=O) groups is 2. The molecule has 1 saturated heterocycles. The molecule has 4 nitrogen and oxygen atoms in total. The van der Waals surface area contributed by atoms with Crippen molar-refractivity contribution in [3.8, 4) is 0 Å². The molecule has 1 fully saturated rings. The van der Waals surface area contributed by atoms with Crippen molar-refractivity contribution >= 4 is 29.0 Å². The van der Waals surface area contributed by atoms with Gasteiger partial charge in [0, 0.05) is 11.6 Å². The molecule has 1 heterocycles. The number of ketones is 1. The van der Waals surface area contributed by atoms with Gasteiger partial charge in [0.05, 0.1) is 0 Å². The van der Waals surface area contributed by atoms with E-state index in [0.29, 0.717) is 5.56 Å². The summed E-state index contributed by atoms with van der Waals surface area (Å²) in [5, 5.41) is 5.22. The van der Waals surface area contributed by atoms with E-state index in [0.717, 1.165) is 0 Å². The molecule has 1 amide bonds. The van der Waals surface area contributed by atoms with E-state index >= 15 is 0 Å². The summed E-state index contributed by atoms with van der Waals surface area (Å²) in [6, 6.07) is 8.71. The number of allylic oxidation sites excluding steroid dienone is 1. The lowest BCUT2D eigenvalue weighted by atomic mass is 10.1. The second-order valence-corrected chi connectivity index (χ2v) is 3.60. The van der Waals surface area contributed by atoms with E-state index in [1.165, 1.54) is 6.08 Å². The zero-order chi connectivity index (χ0) is 11.5. The maximum atomic E-state index is 11.7. The largest absolute Gasteiger partial charge is 0.328 e. The fourth-order valence-electron chi connectivity index (χ4n) is 1.30. The third-order valence-electron chi connectivity index (χ3n) is 2.05.